The second kappa shape index (κ2) is 9.41. The maximum Gasteiger partial charge on any atom is 0.323 e. The molecule has 3 N–H and O–H groups in total. The van der Waals surface area contributed by atoms with Crippen LogP contribution in [0.3, 0.4) is 0 Å². The number of aliphatic hydroxyl groups is 1. The van der Waals surface area contributed by atoms with Gasteiger partial charge in [0.2, 0.25) is 0 Å². The molecule has 148 valence electrons. The van der Waals surface area contributed by atoms with Gasteiger partial charge in [-0.1, -0.05) is 26.0 Å². The van der Waals surface area contributed by atoms with E-state index in [-0.39, 0.29) is 24.4 Å². The van der Waals surface area contributed by atoms with Crippen molar-refractivity contribution in [2.24, 2.45) is 0 Å². The largest absolute Gasteiger partial charge is 0.508 e. The van der Waals surface area contributed by atoms with E-state index in [0.29, 0.717) is 17.9 Å². The molecular formula is C20H30N4O3. The molecule has 2 rings (SSSR count). The SMILES string of the molecule is CCC(CC)n1nc(C)cc1NC(=O)N(CC)C[C@H](O)c1cccc(O)c1. The molecule has 0 aliphatic rings. The van der Waals surface area contributed by atoms with Gasteiger partial charge in [0.15, 0.2) is 0 Å². The molecule has 7 nitrogen and oxygen atoms in total. The number of aromatic hydroxyl groups is 1. The molecule has 7 heteroatoms. The number of anilines is 1. The van der Waals surface area contributed by atoms with E-state index in [9.17, 15) is 15.0 Å². The molecule has 0 fully saturated rings. The molecule has 1 aromatic carbocycles. The number of nitrogens with one attached hydrogen (secondary N) is 1. The van der Waals surface area contributed by atoms with Gasteiger partial charge in [-0.2, -0.15) is 5.10 Å². The Kier molecular flexibility index (Phi) is 7.24. The number of urea groups is 1. The third-order valence-electron chi connectivity index (χ3n) is 4.70. The normalized spacial score (nSPS) is 12.2. The van der Waals surface area contributed by atoms with Crippen LogP contribution in [0, 0.1) is 6.92 Å². The minimum Gasteiger partial charge on any atom is -0.508 e. The van der Waals surface area contributed by atoms with Crippen LogP contribution in [-0.4, -0.2) is 44.0 Å². The number of carbonyl (C=O) groups is 1. The van der Waals surface area contributed by atoms with Gasteiger partial charge in [-0.05, 0) is 44.4 Å². The van der Waals surface area contributed by atoms with Crippen molar-refractivity contribution in [2.75, 3.05) is 18.4 Å². The molecule has 0 radical (unpaired) electrons. The van der Waals surface area contributed by atoms with E-state index < -0.39 is 6.10 Å². The summed E-state index contributed by atoms with van der Waals surface area (Å²) >= 11 is 0. The van der Waals surface area contributed by atoms with Gasteiger partial charge in [-0.15, -0.1) is 0 Å². The predicted molar refractivity (Wildman–Crippen MR) is 106 cm³/mol. The highest BCUT2D eigenvalue weighted by Crippen LogP contribution is 2.23. The Morgan fingerprint density at radius 3 is 2.56 bits per heavy atom. The van der Waals surface area contributed by atoms with Crippen molar-refractivity contribution in [3.63, 3.8) is 0 Å². The van der Waals surface area contributed by atoms with Gasteiger partial charge in [0, 0.05) is 12.6 Å². The van der Waals surface area contributed by atoms with E-state index in [1.165, 1.54) is 11.0 Å². The quantitative estimate of drug-likeness (QED) is 0.655. The number of aromatic nitrogens is 2. The Bertz CT molecular complexity index is 755. The maximum atomic E-state index is 12.8. The Morgan fingerprint density at radius 1 is 1.26 bits per heavy atom. The van der Waals surface area contributed by atoms with Crippen LogP contribution in [-0.2, 0) is 0 Å². The van der Waals surface area contributed by atoms with E-state index in [4.69, 9.17) is 0 Å². The summed E-state index contributed by atoms with van der Waals surface area (Å²) in [7, 11) is 0. The zero-order chi connectivity index (χ0) is 20.0. The van der Waals surface area contributed by atoms with Gasteiger partial charge in [-0.25, -0.2) is 9.48 Å². The summed E-state index contributed by atoms with van der Waals surface area (Å²) in [6.07, 6.45) is 0.969. The van der Waals surface area contributed by atoms with Crippen molar-refractivity contribution in [1.29, 1.82) is 0 Å². The highest BCUT2D eigenvalue weighted by atomic mass is 16.3. The number of hydrogen-bond donors (Lipinski definition) is 3. The number of aryl methyl sites for hydroxylation is 1. The lowest BCUT2D eigenvalue weighted by Crippen LogP contribution is -2.38. The average molecular weight is 374 g/mol. The molecule has 1 heterocycles. The summed E-state index contributed by atoms with van der Waals surface area (Å²) in [5.74, 6) is 0.750. The van der Waals surface area contributed by atoms with Crippen LogP contribution in [0.25, 0.3) is 0 Å². The Hall–Kier alpha value is -2.54. The molecule has 0 saturated heterocycles. The number of aliphatic hydroxyl groups excluding tert-OH is 1. The summed E-state index contributed by atoms with van der Waals surface area (Å²) in [6.45, 7) is 8.53. The van der Waals surface area contributed by atoms with Gasteiger partial charge in [0.1, 0.15) is 11.6 Å². The molecule has 1 aromatic heterocycles. The number of amides is 2. The summed E-state index contributed by atoms with van der Waals surface area (Å²) in [6, 6.07) is 8.23. The first kappa shape index (κ1) is 20.8. The van der Waals surface area contributed by atoms with Gasteiger partial charge in [0.25, 0.3) is 0 Å². The van der Waals surface area contributed by atoms with Crippen LogP contribution in [0.5, 0.6) is 5.75 Å². The number of benzene rings is 1. The summed E-state index contributed by atoms with van der Waals surface area (Å²) in [4.78, 5) is 14.3. The van der Waals surface area contributed by atoms with Crippen molar-refractivity contribution >= 4 is 11.8 Å². The van der Waals surface area contributed by atoms with Gasteiger partial charge in [0.05, 0.1) is 24.4 Å². The fourth-order valence-electron chi connectivity index (χ4n) is 3.11. The second-order valence-electron chi connectivity index (χ2n) is 6.67. The topological polar surface area (TPSA) is 90.6 Å². The zero-order valence-electron chi connectivity index (χ0n) is 16.5. The van der Waals surface area contributed by atoms with Crippen LogP contribution in [0.4, 0.5) is 10.6 Å². The number of likely N-dealkylation sites (N-methyl/N-ethyl adjacent to an activating group) is 1. The van der Waals surface area contributed by atoms with Crippen LogP contribution in [0.2, 0.25) is 0 Å². The lowest BCUT2D eigenvalue weighted by atomic mass is 10.1. The lowest BCUT2D eigenvalue weighted by Gasteiger charge is -2.25. The molecule has 27 heavy (non-hydrogen) atoms. The Balaban J connectivity index is 2.11. The predicted octanol–water partition coefficient (Wildman–Crippen LogP) is 3.85. The fraction of sp³-hybridized carbons (Fsp3) is 0.500. The average Bonchev–Trinajstić information content (AvgIpc) is 3.00. The number of phenolic OH excluding ortho intramolecular Hbond substituents is 1. The van der Waals surface area contributed by atoms with Crippen molar-refractivity contribution in [3.8, 4) is 5.75 Å². The van der Waals surface area contributed by atoms with Crippen LogP contribution in [0.15, 0.2) is 30.3 Å². The highest BCUT2D eigenvalue weighted by Gasteiger charge is 2.21. The van der Waals surface area contributed by atoms with E-state index in [2.05, 4.69) is 24.3 Å². The lowest BCUT2D eigenvalue weighted by molar-refractivity contribution is 0.128. The van der Waals surface area contributed by atoms with Crippen molar-refractivity contribution in [2.45, 2.75) is 52.7 Å². The molecule has 0 saturated carbocycles. The summed E-state index contributed by atoms with van der Waals surface area (Å²) < 4.78 is 1.87. The first-order chi connectivity index (χ1) is 12.9. The maximum absolute atomic E-state index is 12.8. The highest BCUT2D eigenvalue weighted by molar-refractivity contribution is 5.88. The van der Waals surface area contributed by atoms with Crippen LogP contribution in [0.1, 0.15) is 57.0 Å². The molecule has 0 aliphatic carbocycles. The number of hydrogen-bond acceptors (Lipinski definition) is 4. The summed E-state index contributed by atoms with van der Waals surface area (Å²) in [5.41, 5.74) is 1.42. The third-order valence-corrected chi connectivity index (χ3v) is 4.70. The number of carbonyl (C=O) groups excluding carboxylic acids is 1. The van der Waals surface area contributed by atoms with E-state index in [1.807, 2.05) is 24.6 Å². The Morgan fingerprint density at radius 2 is 1.96 bits per heavy atom. The van der Waals surface area contributed by atoms with E-state index in [0.717, 1.165) is 18.5 Å². The minimum absolute atomic E-state index is 0.0867. The van der Waals surface area contributed by atoms with Crippen molar-refractivity contribution < 1.29 is 15.0 Å². The van der Waals surface area contributed by atoms with Crippen molar-refractivity contribution in [3.05, 3.63) is 41.6 Å². The minimum atomic E-state index is -0.881. The number of nitrogens with zero attached hydrogens (tertiary/aromatic N) is 3. The first-order valence-electron chi connectivity index (χ1n) is 9.48. The molecule has 0 bridgehead atoms. The monoisotopic (exact) mass is 374 g/mol. The van der Waals surface area contributed by atoms with Crippen LogP contribution < -0.4 is 5.32 Å². The molecule has 0 spiro atoms. The van der Waals surface area contributed by atoms with Gasteiger partial charge in [-0.3, -0.25) is 5.32 Å². The third kappa shape index (κ3) is 5.23. The second-order valence-corrected chi connectivity index (χ2v) is 6.67. The molecule has 0 aliphatic heterocycles. The Labute approximate surface area is 160 Å². The standard InChI is InChI=1S/C20H30N4O3/c1-5-16(6-2)24-19(11-14(4)22-24)21-20(27)23(7-3)13-18(26)15-9-8-10-17(25)12-15/h8-12,16,18,25-26H,5-7,13H2,1-4H3,(H,21,27)/t18-/m0/s1. The number of phenols is 1. The molecule has 0 unspecified atom stereocenters. The summed E-state index contributed by atoms with van der Waals surface area (Å²) in [5, 5.41) is 27.5. The van der Waals surface area contributed by atoms with Crippen molar-refractivity contribution in [1.82, 2.24) is 14.7 Å². The van der Waals surface area contributed by atoms with E-state index in [1.54, 1.807) is 18.2 Å². The fourth-order valence-corrected chi connectivity index (χ4v) is 3.11. The molecule has 2 aromatic rings. The van der Waals surface area contributed by atoms with Gasteiger partial charge < -0.3 is 15.1 Å². The number of rotatable bonds is 8. The smallest absolute Gasteiger partial charge is 0.323 e. The molecular weight excluding hydrogens is 344 g/mol. The first-order valence-corrected chi connectivity index (χ1v) is 9.48. The van der Waals surface area contributed by atoms with Crippen LogP contribution >= 0.6 is 0 Å². The molecule has 2 amide bonds. The van der Waals surface area contributed by atoms with E-state index >= 15 is 0 Å². The zero-order valence-corrected chi connectivity index (χ0v) is 16.5. The van der Waals surface area contributed by atoms with Gasteiger partial charge >= 0.3 is 6.03 Å². The molecule has 1 atom stereocenters.